The molecule has 0 radical (unpaired) electrons. The minimum atomic E-state index is -0.621. The zero-order chi connectivity index (χ0) is 26.8. The molecule has 3 unspecified atom stereocenters. The van der Waals surface area contributed by atoms with Gasteiger partial charge in [0, 0.05) is 49.9 Å². The minimum Gasteiger partial charge on any atom is -0.369 e. The van der Waals surface area contributed by atoms with E-state index < -0.39 is 12.1 Å². The fourth-order valence-electron chi connectivity index (χ4n) is 6.91. The van der Waals surface area contributed by atoms with Gasteiger partial charge in [-0.15, -0.1) is 0 Å². The Morgan fingerprint density at radius 1 is 1.03 bits per heavy atom. The predicted octanol–water partition coefficient (Wildman–Crippen LogP) is 2.96. The lowest BCUT2D eigenvalue weighted by molar-refractivity contribution is -0.139. The molecule has 3 saturated heterocycles. The number of ketones is 1. The van der Waals surface area contributed by atoms with Crippen molar-refractivity contribution in [1.82, 2.24) is 15.1 Å². The molecular weight excluding hydrogens is 480 g/mol. The minimum absolute atomic E-state index is 0.0180. The number of anilines is 1. The van der Waals surface area contributed by atoms with Crippen LogP contribution in [-0.2, 0) is 14.3 Å². The Hall–Kier alpha value is -2.45. The highest BCUT2D eigenvalue weighted by molar-refractivity contribution is 5.99. The number of ether oxygens (including phenoxy) is 1. The molecule has 1 aliphatic carbocycles. The van der Waals surface area contributed by atoms with Crippen LogP contribution in [0.3, 0.4) is 0 Å². The van der Waals surface area contributed by atoms with Crippen molar-refractivity contribution in [3.8, 4) is 0 Å². The molecule has 1 aromatic rings. The molecule has 1 aromatic carbocycles. The molecule has 38 heavy (non-hydrogen) atoms. The van der Waals surface area contributed by atoms with Gasteiger partial charge in [-0.25, -0.2) is 0 Å². The largest absolute Gasteiger partial charge is 0.369 e. The molecule has 0 bridgehead atoms. The highest BCUT2D eigenvalue weighted by Crippen LogP contribution is 2.37. The molecule has 0 spiro atoms. The van der Waals surface area contributed by atoms with Crippen LogP contribution in [0.15, 0.2) is 24.3 Å². The fourth-order valence-corrected chi connectivity index (χ4v) is 6.91. The van der Waals surface area contributed by atoms with E-state index >= 15 is 0 Å². The molecule has 2 amide bonds. The van der Waals surface area contributed by atoms with Crippen LogP contribution in [-0.4, -0.2) is 91.5 Å². The van der Waals surface area contributed by atoms with Crippen molar-refractivity contribution in [1.29, 1.82) is 0 Å². The molecule has 8 nitrogen and oxygen atoms in total. The first-order valence-corrected chi connectivity index (χ1v) is 14.7. The molecule has 5 rings (SSSR count). The van der Waals surface area contributed by atoms with Gasteiger partial charge in [-0.2, -0.15) is 0 Å². The van der Waals surface area contributed by atoms with Crippen LogP contribution in [0.5, 0.6) is 0 Å². The van der Waals surface area contributed by atoms with Crippen molar-refractivity contribution in [2.45, 2.75) is 71.1 Å². The third-order valence-electron chi connectivity index (χ3n) is 9.35. The number of nitrogens with one attached hydrogen (secondary N) is 1. The van der Waals surface area contributed by atoms with E-state index in [2.05, 4.69) is 35.9 Å². The third kappa shape index (κ3) is 5.48. The van der Waals surface area contributed by atoms with E-state index in [4.69, 9.17) is 4.74 Å². The second-order valence-corrected chi connectivity index (χ2v) is 11.9. The number of piperazine rings is 1. The lowest BCUT2D eigenvalue weighted by Gasteiger charge is -2.35. The van der Waals surface area contributed by atoms with E-state index in [-0.39, 0.29) is 42.1 Å². The normalized spacial score (nSPS) is 27.6. The Kier molecular flexibility index (Phi) is 8.38. The van der Waals surface area contributed by atoms with Crippen molar-refractivity contribution in [3.63, 3.8) is 0 Å². The summed E-state index contributed by atoms with van der Waals surface area (Å²) in [5.41, 5.74) is 1.69. The highest BCUT2D eigenvalue weighted by Gasteiger charge is 2.54. The second-order valence-electron chi connectivity index (χ2n) is 11.9. The monoisotopic (exact) mass is 524 g/mol. The number of rotatable bonds is 7. The van der Waals surface area contributed by atoms with Gasteiger partial charge < -0.3 is 24.8 Å². The van der Waals surface area contributed by atoms with Gasteiger partial charge >= 0.3 is 0 Å². The molecule has 0 aromatic heterocycles. The topological polar surface area (TPSA) is 82.2 Å². The zero-order valence-electron chi connectivity index (χ0n) is 23.2. The summed E-state index contributed by atoms with van der Waals surface area (Å²) < 4.78 is 5.86. The fraction of sp³-hybridized carbons (Fsp3) is 0.700. The number of fused-ring (bicyclic) bond motifs is 1. The van der Waals surface area contributed by atoms with Gasteiger partial charge in [0.1, 0.15) is 18.7 Å². The summed E-state index contributed by atoms with van der Waals surface area (Å²) in [4.78, 5) is 46.8. The molecule has 1 N–H and O–H groups in total. The van der Waals surface area contributed by atoms with E-state index in [1.165, 1.54) is 0 Å². The number of amides is 2. The molecule has 208 valence electrons. The van der Waals surface area contributed by atoms with Crippen LogP contribution in [0.2, 0.25) is 0 Å². The summed E-state index contributed by atoms with van der Waals surface area (Å²) in [5, 5.41) is 3.13. The Labute approximate surface area is 227 Å². The molecular formula is C30H44N4O4. The van der Waals surface area contributed by atoms with Crippen LogP contribution in [0.4, 0.5) is 5.69 Å². The Balaban J connectivity index is 1.31. The number of likely N-dealkylation sites (N-methyl/N-ethyl adjacent to an activating group) is 1. The highest BCUT2D eigenvalue weighted by atomic mass is 16.5. The maximum Gasteiger partial charge on any atom is 0.251 e. The zero-order valence-corrected chi connectivity index (χ0v) is 23.2. The van der Waals surface area contributed by atoms with Gasteiger partial charge in [0.15, 0.2) is 5.78 Å². The van der Waals surface area contributed by atoms with Gasteiger partial charge in [0.2, 0.25) is 5.91 Å². The number of carbonyl (C=O) groups is 3. The number of likely N-dealkylation sites (tertiary alicyclic amines) is 1. The Morgan fingerprint density at radius 2 is 1.71 bits per heavy atom. The van der Waals surface area contributed by atoms with E-state index in [0.717, 1.165) is 70.5 Å². The molecule has 8 heteroatoms. The maximum atomic E-state index is 14.1. The third-order valence-corrected chi connectivity index (χ3v) is 9.35. The van der Waals surface area contributed by atoms with Crippen LogP contribution >= 0.6 is 0 Å². The summed E-state index contributed by atoms with van der Waals surface area (Å²) >= 11 is 0. The van der Waals surface area contributed by atoms with Crippen molar-refractivity contribution in [2.24, 2.45) is 17.8 Å². The molecule has 4 atom stereocenters. The predicted molar refractivity (Wildman–Crippen MR) is 147 cm³/mol. The van der Waals surface area contributed by atoms with Crippen LogP contribution in [0, 0.1) is 17.8 Å². The average molecular weight is 525 g/mol. The van der Waals surface area contributed by atoms with Crippen LogP contribution in [0.1, 0.15) is 63.2 Å². The number of hydrogen-bond donors (Lipinski definition) is 1. The standard InChI is InChI=1S/C30H44N4O4/c1-4-32-14-16-33(17-15-32)23-12-10-22(11-13-23)29(36)31-26(21-8-6-5-7-9-21)30(37)34-18-24(20(2)3)28-27(34)25(35)19-38-28/h10-13,20-21,24,26-28H,4-9,14-19H2,1-3H3,(H,31,36)/t24?,26-,27?,28?/m0/s1. The first kappa shape index (κ1) is 27.1. The van der Waals surface area contributed by atoms with E-state index in [1.54, 1.807) is 4.90 Å². The molecule has 3 aliphatic heterocycles. The summed E-state index contributed by atoms with van der Waals surface area (Å²) in [6.07, 6.45) is 4.88. The maximum absolute atomic E-state index is 14.1. The van der Waals surface area contributed by atoms with Gasteiger partial charge in [0.25, 0.3) is 5.91 Å². The summed E-state index contributed by atoms with van der Waals surface area (Å²) in [6.45, 7) is 12.2. The molecule has 4 fully saturated rings. The van der Waals surface area contributed by atoms with Crippen molar-refractivity contribution in [2.75, 3.05) is 50.8 Å². The van der Waals surface area contributed by atoms with Gasteiger partial charge in [0.05, 0.1) is 6.10 Å². The van der Waals surface area contributed by atoms with Crippen molar-refractivity contribution >= 4 is 23.3 Å². The smallest absolute Gasteiger partial charge is 0.251 e. The van der Waals surface area contributed by atoms with Gasteiger partial charge in [-0.05, 0) is 55.5 Å². The quantitative estimate of drug-likeness (QED) is 0.591. The number of hydrogen-bond acceptors (Lipinski definition) is 6. The number of carbonyl (C=O) groups excluding carboxylic acids is 3. The first-order chi connectivity index (χ1) is 18.4. The molecule has 4 aliphatic rings. The molecule has 3 heterocycles. The average Bonchev–Trinajstić information content (AvgIpc) is 3.52. The molecule has 1 saturated carbocycles. The Morgan fingerprint density at radius 3 is 2.34 bits per heavy atom. The number of Topliss-reactive ketones (excluding diaryl/α,β-unsaturated/α-hetero) is 1. The van der Waals surface area contributed by atoms with E-state index in [0.29, 0.717) is 18.0 Å². The van der Waals surface area contributed by atoms with Crippen molar-refractivity contribution in [3.05, 3.63) is 29.8 Å². The van der Waals surface area contributed by atoms with Crippen molar-refractivity contribution < 1.29 is 19.1 Å². The number of benzene rings is 1. The lowest BCUT2D eigenvalue weighted by Crippen LogP contribution is -2.55. The lowest BCUT2D eigenvalue weighted by atomic mass is 9.83. The van der Waals surface area contributed by atoms with E-state index in [1.807, 2.05) is 24.3 Å². The van der Waals surface area contributed by atoms with E-state index in [9.17, 15) is 14.4 Å². The summed E-state index contributed by atoms with van der Waals surface area (Å²) in [7, 11) is 0. The van der Waals surface area contributed by atoms with Crippen LogP contribution in [0.25, 0.3) is 0 Å². The second kappa shape index (κ2) is 11.7. The van der Waals surface area contributed by atoms with Crippen LogP contribution < -0.4 is 10.2 Å². The number of nitrogens with zero attached hydrogens (tertiary/aromatic N) is 3. The van der Waals surface area contributed by atoms with Gasteiger partial charge in [-0.3, -0.25) is 14.4 Å². The summed E-state index contributed by atoms with van der Waals surface area (Å²) in [5.74, 6) is 0.162. The first-order valence-electron chi connectivity index (χ1n) is 14.7. The summed E-state index contributed by atoms with van der Waals surface area (Å²) in [6, 6.07) is 6.62. The van der Waals surface area contributed by atoms with Gasteiger partial charge in [-0.1, -0.05) is 40.0 Å². The Bertz CT molecular complexity index is 998. The SMILES string of the molecule is CCN1CCN(c2ccc(C(=O)N[C@H](C(=O)N3CC(C(C)C)C4OCC(=O)C43)C3CCCCC3)cc2)CC1.